The fourth-order valence-corrected chi connectivity index (χ4v) is 2.97. The predicted molar refractivity (Wildman–Crippen MR) is 87.6 cm³/mol. The van der Waals surface area contributed by atoms with E-state index in [1.165, 1.54) is 0 Å². The standard InChI is InChI=1S/C18H29NO2/c1-5-7-11-14-18(4,6-2)19(17(20)21)15(3)16-12-9-8-10-13-16/h8-10,12-13,15H,5-7,11,14H2,1-4H3,(H,20,21). The van der Waals surface area contributed by atoms with E-state index < -0.39 is 6.09 Å². The average Bonchev–Trinajstić information content (AvgIpc) is 2.48. The molecule has 3 nitrogen and oxygen atoms in total. The maximum absolute atomic E-state index is 11.9. The molecule has 1 aromatic rings. The van der Waals surface area contributed by atoms with Crippen molar-refractivity contribution in [3.63, 3.8) is 0 Å². The normalized spacial score (nSPS) is 15.2. The molecule has 0 aliphatic rings. The molecular formula is C18H29NO2. The summed E-state index contributed by atoms with van der Waals surface area (Å²) >= 11 is 0. The third-order valence-corrected chi connectivity index (χ3v) is 4.54. The van der Waals surface area contributed by atoms with Gasteiger partial charge in [-0.2, -0.15) is 0 Å². The number of amides is 1. The highest BCUT2D eigenvalue weighted by molar-refractivity contribution is 5.67. The maximum Gasteiger partial charge on any atom is 0.408 e. The summed E-state index contributed by atoms with van der Waals surface area (Å²) in [5, 5.41) is 9.75. The maximum atomic E-state index is 11.9. The van der Waals surface area contributed by atoms with Crippen molar-refractivity contribution in [2.45, 2.75) is 71.4 Å². The van der Waals surface area contributed by atoms with E-state index in [2.05, 4.69) is 20.8 Å². The second kappa shape index (κ2) is 8.06. The van der Waals surface area contributed by atoms with Crippen LogP contribution in [-0.4, -0.2) is 21.6 Å². The van der Waals surface area contributed by atoms with E-state index in [9.17, 15) is 9.90 Å². The van der Waals surface area contributed by atoms with Crippen molar-refractivity contribution in [1.29, 1.82) is 0 Å². The molecule has 1 amide bonds. The summed E-state index contributed by atoms with van der Waals surface area (Å²) in [5.41, 5.74) is 0.742. The Bertz CT molecular complexity index is 432. The van der Waals surface area contributed by atoms with Gasteiger partial charge >= 0.3 is 6.09 Å². The van der Waals surface area contributed by atoms with E-state index in [1.807, 2.05) is 37.3 Å². The first-order valence-corrected chi connectivity index (χ1v) is 8.03. The molecule has 0 aromatic heterocycles. The van der Waals surface area contributed by atoms with Gasteiger partial charge in [0, 0.05) is 5.54 Å². The van der Waals surface area contributed by atoms with Crippen LogP contribution in [0.4, 0.5) is 4.79 Å². The molecule has 0 heterocycles. The van der Waals surface area contributed by atoms with Gasteiger partial charge in [-0.15, -0.1) is 0 Å². The van der Waals surface area contributed by atoms with Crippen LogP contribution in [0.5, 0.6) is 0 Å². The Morgan fingerprint density at radius 3 is 2.33 bits per heavy atom. The van der Waals surface area contributed by atoms with Gasteiger partial charge in [0.15, 0.2) is 0 Å². The fourth-order valence-electron chi connectivity index (χ4n) is 2.97. The largest absolute Gasteiger partial charge is 0.465 e. The molecular weight excluding hydrogens is 262 g/mol. The Hall–Kier alpha value is -1.51. The molecule has 3 heteroatoms. The summed E-state index contributed by atoms with van der Waals surface area (Å²) in [7, 11) is 0. The van der Waals surface area contributed by atoms with Crippen LogP contribution in [0.1, 0.15) is 71.4 Å². The van der Waals surface area contributed by atoms with Crippen LogP contribution in [0.2, 0.25) is 0 Å². The molecule has 0 radical (unpaired) electrons. The van der Waals surface area contributed by atoms with Gasteiger partial charge in [0.1, 0.15) is 0 Å². The number of nitrogens with zero attached hydrogens (tertiary/aromatic N) is 1. The first-order chi connectivity index (χ1) is 9.96. The van der Waals surface area contributed by atoms with Crippen LogP contribution in [0.15, 0.2) is 30.3 Å². The number of unbranched alkanes of at least 4 members (excludes halogenated alkanes) is 2. The second-order valence-electron chi connectivity index (χ2n) is 6.05. The van der Waals surface area contributed by atoms with Crippen LogP contribution < -0.4 is 0 Å². The lowest BCUT2D eigenvalue weighted by Gasteiger charge is -2.43. The number of carbonyl (C=O) groups is 1. The zero-order valence-corrected chi connectivity index (χ0v) is 13.8. The van der Waals surface area contributed by atoms with Gasteiger partial charge in [0.2, 0.25) is 0 Å². The van der Waals surface area contributed by atoms with Crippen molar-refractivity contribution in [3.05, 3.63) is 35.9 Å². The zero-order chi connectivity index (χ0) is 15.9. The minimum absolute atomic E-state index is 0.129. The van der Waals surface area contributed by atoms with Crippen LogP contribution >= 0.6 is 0 Å². The highest BCUT2D eigenvalue weighted by Gasteiger charge is 2.37. The molecule has 0 bridgehead atoms. The number of benzene rings is 1. The van der Waals surface area contributed by atoms with Gasteiger partial charge < -0.3 is 5.11 Å². The van der Waals surface area contributed by atoms with Crippen LogP contribution in [0, 0.1) is 0 Å². The number of carboxylic acid groups (broad SMARTS) is 1. The molecule has 2 atom stereocenters. The monoisotopic (exact) mass is 291 g/mol. The molecule has 1 rings (SSSR count). The van der Waals surface area contributed by atoms with Crippen molar-refractivity contribution in [2.24, 2.45) is 0 Å². The SMILES string of the molecule is CCCCCC(C)(CC)N(C(=O)O)C(C)c1ccccc1. The first-order valence-electron chi connectivity index (χ1n) is 8.03. The third kappa shape index (κ3) is 4.48. The quantitative estimate of drug-likeness (QED) is 0.644. The Morgan fingerprint density at radius 2 is 1.86 bits per heavy atom. The van der Waals surface area contributed by atoms with Gasteiger partial charge in [0.05, 0.1) is 6.04 Å². The summed E-state index contributed by atoms with van der Waals surface area (Å²) in [6.07, 6.45) is 4.31. The molecule has 0 saturated heterocycles. The van der Waals surface area contributed by atoms with Crippen molar-refractivity contribution in [2.75, 3.05) is 0 Å². The number of hydrogen-bond acceptors (Lipinski definition) is 1. The van der Waals surface area contributed by atoms with Gasteiger partial charge in [0.25, 0.3) is 0 Å². The lowest BCUT2D eigenvalue weighted by atomic mass is 9.87. The fraction of sp³-hybridized carbons (Fsp3) is 0.611. The highest BCUT2D eigenvalue weighted by atomic mass is 16.4. The van der Waals surface area contributed by atoms with E-state index in [0.29, 0.717) is 0 Å². The lowest BCUT2D eigenvalue weighted by Crippen LogP contribution is -2.50. The minimum Gasteiger partial charge on any atom is -0.465 e. The highest BCUT2D eigenvalue weighted by Crippen LogP contribution is 2.34. The summed E-state index contributed by atoms with van der Waals surface area (Å²) < 4.78 is 0. The summed E-state index contributed by atoms with van der Waals surface area (Å²) in [4.78, 5) is 13.5. The third-order valence-electron chi connectivity index (χ3n) is 4.54. The molecule has 118 valence electrons. The van der Waals surface area contributed by atoms with E-state index >= 15 is 0 Å². The van der Waals surface area contributed by atoms with E-state index in [4.69, 9.17) is 0 Å². The Kier molecular flexibility index (Phi) is 6.73. The molecule has 2 unspecified atom stereocenters. The molecule has 0 saturated carbocycles. The average molecular weight is 291 g/mol. The Morgan fingerprint density at radius 1 is 1.24 bits per heavy atom. The summed E-state index contributed by atoms with van der Waals surface area (Å²) in [6.45, 7) is 8.32. The van der Waals surface area contributed by atoms with E-state index in [-0.39, 0.29) is 11.6 Å². The van der Waals surface area contributed by atoms with Crippen molar-refractivity contribution < 1.29 is 9.90 Å². The van der Waals surface area contributed by atoms with Crippen molar-refractivity contribution in [1.82, 2.24) is 4.90 Å². The second-order valence-corrected chi connectivity index (χ2v) is 6.05. The van der Waals surface area contributed by atoms with Crippen LogP contribution in [-0.2, 0) is 0 Å². The predicted octanol–water partition coefficient (Wildman–Crippen LogP) is 5.48. The van der Waals surface area contributed by atoms with Gasteiger partial charge in [-0.1, -0.05) is 63.4 Å². The topological polar surface area (TPSA) is 40.5 Å². The van der Waals surface area contributed by atoms with Crippen molar-refractivity contribution in [3.8, 4) is 0 Å². The van der Waals surface area contributed by atoms with Gasteiger partial charge in [-0.25, -0.2) is 4.79 Å². The lowest BCUT2D eigenvalue weighted by molar-refractivity contribution is 0.0484. The molecule has 1 aromatic carbocycles. The van der Waals surface area contributed by atoms with Crippen molar-refractivity contribution >= 4 is 6.09 Å². The van der Waals surface area contributed by atoms with Crippen LogP contribution in [0.3, 0.4) is 0 Å². The molecule has 1 N–H and O–H groups in total. The van der Waals surface area contributed by atoms with Gasteiger partial charge in [-0.05, 0) is 32.3 Å². The Balaban J connectivity index is 3.00. The molecule has 0 aliphatic carbocycles. The molecule has 0 fully saturated rings. The van der Waals surface area contributed by atoms with Gasteiger partial charge in [-0.3, -0.25) is 4.90 Å². The minimum atomic E-state index is -0.827. The van der Waals surface area contributed by atoms with E-state index in [0.717, 1.165) is 37.7 Å². The molecule has 0 spiro atoms. The molecule has 21 heavy (non-hydrogen) atoms. The Labute approximate surface area is 129 Å². The van der Waals surface area contributed by atoms with E-state index in [1.54, 1.807) is 4.90 Å². The number of rotatable bonds is 8. The van der Waals surface area contributed by atoms with Crippen LogP contribution in [0.25, 0.3) is 0 Å². The zero-order valence-electron chi connectivity index (χ0n) is 13.8. The number of hydrogen-bond donors (Lipinski definition) is 1. The smallest absolute Gasteiger partial charge is 0.408 e. The molecule has 0 aliphatic heterocycles. The first kappa shape index (κ1) is 17.5. The summed E-state index contributed by atoms with van der Waals surface area (Å²) in [5.74, 6) is 0. The summed E-state index contributed by atoms with van der Waals surface area (Å²) in [6, 6.07) is 9.76.